The Bertz CT molecular complexity index is 892. The second-order valence-electron chi connectivity index (χ2n) is 5.72. The molecule has 0 fully saturated rings. The Labute approximate surface area is 149 Å². The van der Waals surface area contributed by atoms with Gasteiger partial charge in [0.15, 0.2) is 6.10 Å². The van der Waals surface area contributed by atoms with Crippen LogP contribution in [0.4, 0.5) is 5.69 Å². The smallest absolute Gasteiger partial charge is 0.265 e. The third-order valence-electron chi connectivity index (χ3n) is 3.83. The Kier molecular flexibility index (Phi) is 4.86. The van der Waals surface area contributed by atoms with Gasteiger partial charge in [-0.3, -0.25) is 4.79 Å². The Morgan fingerprint density at radius 2 is 1.79 bits per heavy atom. The highest BCUT2D eigenvalue weighted by Gasteiger charge is 2.15. The molecule has 1 amide bonds. The molecule has 0 aliphatic heterocycles. The highest BCUT2D eigenvalue weighted by Crippen LogP contribution is 2.23. The third kappa shape index (κ3) is 3.77. The van der Waals surface area contributed by atoms with Crippen LogP contribution in [0.25, 0.3) is 10.8 Å². The third-order valence-corrected chi connectivity index (χ3v) is 4.72. The predicted octanol–water partition coefficient (Wildman–Crippen LogP) is 5.32. The molecule has 1 unspecified atom stereocenters. The summed E-state index contributed by atoms with van der Waals surface area (Å²) in [7, 11) is 0. The molecule has 0 saturated heterocycles. The first-order chi connectivity index (χ1) is 11.5. The van der Waals surface area contributed by atoms with Crippen molar-refractivity contribution in [3.63, 3.8) is 0 Å². The summed E-state index contributed by atoms with van der Waals surface area (Å²) in [6, 6.07) is 19.6. The van der Waals surface area contributed by atoms with Crippen LogP contribution in [0.15, 0.2) is 65.1 Å². The van der Waals surface area contributed by atoms with Crippen molar-refractivity contribution in [3.8, 4) is 5.75 Å². The highest BCUT2D eigenvalue weighted by atomic mass is 79.9. The summed E-state index contributed by atoms with van der Waals surface area (Å²) in [5.74, 6) is 0.508. The zero-order chi connectivity index (χ0) is 17.1. The number of fused-ring (bicyclic) bond motifs is 1. The van der Waals surface area contributed by atoms with Gasteiger partial charge in [0.1, 0.15) is 5.75 Å². The van der Waals surface area contributed by atoms with Crippen molar-refractivity contribution in [1.29, 1.82) is 0 Å². The molecular formula is C20H18BrNO2. The van der Waals surface area contributed by atoms with Crippen LogP contribution < -0.4 is 10.1 Å². The Morgan fingerprint density at radius 1 is 1.04 bits per heavy atom. The zero-order valence-corrected chi connectivity index (χ0v) is 15.1. The highest BCUT2D eigenvalue weighted by molar-refractivity contribution is 9.10. The Balaban J connectivity index is 1.69. The fourth-order valence-corrected chi connectivity index (χ4v) is 2.71. The van der Waals surface area contributed by atoms with E-state index in [1.165, 1.54) is 0 Å². The Hall–Kier alpha value is -2.33. The summed E-state index contributed by atoms with van der Waals surface area (Å²) in [4.78, 5) is 12.3. The van der Waals surface area contributed by atoms with E-state index >= 15 is 0 Å². The van der Waals surface area contributed by atoms with Gasteiger partial charge in [0.05, 0.1) is 0 Å². The minimum absolute atomic E-state index is 0.176. The summed E-state index contributed by atoms with van der Waals surface area (Å²) in [5, 5.41) is 5.12. The summed E-state index contributed by atoms with van der Waals surface area (Å²) in [6.07, 6.45) is -0.588. The molecule has 3 rings (SSSR count). The molecule has 24 heavy (non-hydrogen) atoms. The molecule has 1 atom stereocenters. The van der Waals surface area contributed by atoms with Crippen molar-refractivity contribution in [1.82, 2.24) is 0 Å². The molecule has 0 saturated carbocycles. The van der Waals surface area contributed by atoms with Crippen LogP contribution in [0.1, 0.15) is 12.5 Å². The van der Waals surface area contributed by atoms with Gasteiger partial charge in [-0.2, -0.15) is 0 Å². The number of hydrogen-bond donors (Lipinski definition) is 1. The molecule has 0 spiro atoms. The molecule has 0 aliphatic rings. The largest absolute Gasteiger partial charge is 0.481 e. The number of rotatable bonds is 4. The van der Waals surface area contributed by atoms with Gasteiger partial charge >= 0.3 is 0 Å². The van der Waals surface area contributed by atoms with Gasteiger partial charge in [0, 0.05) is 10.2 Å². The molecule has 3 nitrogen and oxygen atoms in total. The number of hydrogen-bond acceptors (Lipinski definition) is 2. The maximum Gasteiger partial charge on any atom is 0.265 e. The number of ether oxygens (including phenoxy) is 1. The number of benzene rings is 3. The summed E-state index contributed by atoms with van der Waals surface area (Å²) >= 11 is 3.45. The lowest BCUT2D eigenvalue weighted by Crippen LogP contribution is -2.30. The molecule has 122 valence electrons. The van der Waals surface area contributed by atoms with Gasteiger partial charge in [-0.15, -0.1) is 0 Å². The van der Waals surface area contributed by atoms with Crippen molar-refractivity contribution in [3.05, 3.63) is 70.7 Å². The van der Waals surface area contributed by atoms with E-state index in [0.717, 1.165) is 26.5 Å². The van der Waals surface area contributed by atoms with E-state index in [2.05, 4.69) is 21.2 Å². The van der Waals surface area contributed by atoms with E-state index in [9.17, 15) is 4.79 Å². The van der Waals surface area contributed by atoms with Gasteiger partial charge in [-0.05, 0) is 60.5 Å². The Morgan fingerprint density at radius 3 is 2.54 bits per heavy atom. The van der Waals surface area contributed by atoms with Crippen molar-refractivity contribution >= 4 is 38.3 Å². The van der Waals surface area contributed by atoms with Crippen LogP contribution in [-0.2, 0) is 4.79 Å². The van der Waals surface area contributed by atoms with Crippen LogP contribution in [0, 0.1) is 6.92 Å². The predicted molar refractivity (Wildman–Crippen MR) is 102 cm³/mol. The van der Waals surface area contributed by atoms with Crippen LogP contribution in [0.5, 0.6) is 5.75 Å². The minimum Gasteiger partial charge on any atom is -0.481 e. The van der Waals surface area contributed by atoms with Gasteiger partial charge in [0.2, 0.25) is 0 Å². The molecule has 0 heterocycles. The number of amides is 1. The lowest BCUT2D eigenvalue weighted by Gasteiger charge is -2.15. The molecule has 3 aromatic carbocycles. The van der Waals surface area contributed by atoms with Crippen LogP contribution in [0.2, 0.25) is 0 Å². The maximum atomic E-state index is 12.3. The van der Waals surface area contributed by atoms with Crippen LogP contribution in [0.3, 0.4) is 0 Å². The lowest BCUT2D eigenvalue weighted by molar-refractivity contribution is -0.122. The lowest BCUT2D eigenvalue weighted by atomic mass is 10.1. The molecule has 0 aliphatic carbocycles. The fraction of sp³-hybridized carbons (Fsp3) is 0.150. The first kappa shape index (κ1) is 16.5. The molecule has 0 bridgehead atoms. The van der Waals surface area contributed by atoms with Crippen molar-refractivity contribution in [2.75, 3.05) is 5.32 Å². The van der Waals surface area contributed by atoms with Gasteiger partial charge in [-0.25, -0.2) is 0 Å². The second kappa shape index (κ2) is 7.05. The van der Waals surface area contributed by atoms with E-state index in [1.807, 2.05) is 67.6 Å². The van der Waals surface area contributed by atoms with Gasteiger partial charge in [-0.1, -0.05) is 46.3 Å². The SMILES string of the molecule is Cc1cc(NC(=O)C(C)Oc2ccc3ccccc3c2)ccc1Br. The van der Waals surface area contributed by atoms with Crippen molar-refractivity contribution in [2.24, 2.45) is 0 Å². The maximum absolute atomic E-state index is 12.3. The number of anilines is 1. The minimum atomic E-state index is -0.588. The first-order valence-electron chi connectivity index (χ1n) is 7.75. The molecule has 4 heteroatoms. The van der Waals surface area contributed by atoms with Crippen molar-refractivity contribution in [2.45, 2.75) is 20.0 Å². The number of nitrogens with one attached hydrogen (secondary N) is 1. The summed E-state index contributed by atoms with van der Waals surface area (Å²) < 4.78 is 6.80. The fourth-order valence-electron chi connectivity index (χ4n) is 2.46. The number of aryl methyl sites for hydroxylation is 1. The van der Waals surface area contributed by atoms with E-state index in [1.54, 1.807) is 6.92 Å². The zero-order valence-electron chi connectivity index (χ0n) is 13.5. The number of halogens is 1. The molecular weight excluding hydrogens is 366 g/mol. The molecule has 0 radical (unpaired) electrons. The summed E-state index contributed by atoms with van der Waals surface area (Å²) in [6.45, 7) is 3.73. The first-order valence-corrected chi connectivity index (χ1v) is 8.55. The average Bonchev–Trinajstić information content (AvgIpc) is 2.58. The quantitative estimate of drug-likeness (QED) is 0.662. The molecule has 3 aromatic rings. The van der Waals surface area contributed by atoms with E-state index in [4.69, 9.17) is 4.74 Å². The van der Waals surface area contributed by atoms with Gasteiger partial charge < -0.3 is 10.1 Å². The normalized spacial score (nSPS) is 12.0. The average molecular weight is 384 g/mol. The molecule has 1 N–H and O–H groups in total. The number of carbonyl (C=O) groups is 1. The summed E-state index contributed by atoms with van der Waals surface area (Å²) in [5.41, 5.74) is 1.82. The van der Waals surface area contributed by atoms with Crippen LogP contribution >= 0.6 is 15.9 Å². The van der Waals surface area contributed by atoms with E-state index in [-0.39, 0.29) is 5.91 Å². The van der Waals surface area contributed by atoms with E-state index in [0.29, 0.717) is 5.75 Å². The van der Waals surface area contributed by atoms with Crippen molar-refractivity contribution < 1.29 is 9.53 Å². The monoisotopic (exact) mass is 383 g/mol. The van der Waals surface area contributed by atoms with Crippen LogP contribution in [-0.4, -0.2) is 12.0 Å². The standard InChI is InChI=1S/C20H18BrNO2/c1-13-11-17(8-10-19(13)21)22-20(23)14(2)24-18-9-7-15-5-3-4-6-16(15)12-18/h3-12,14H,1-2H3,(H,22,23). The number of carbonyl (C=O) groups excluding carboxylic acids is 1. The second-order valence-corrected chi connectivity index (χ2v) is 6.58. The topological polar surface area (TPSA) is 38.3 Å². The van der Waals surface area contributed by atoms with E-state index < -0.39 is 6.10 Å². The van der Waals surface area contributed by atoms with Gasteiger partial charge in [0.25, 0.3) is 5.91 Å². The molecule has 0 aromatic heterocycles.